The fraction of sp³-hybridized carbons (Fsp3) is 0.630. The normalized spacial score (nSPS) is 12.5. The minimum Gasteiger partial charge on any atom is -0.466 e. The van der Waals surface area contributed by atoms with Crippen LogP contribution in [-0.2, 0) is 81.6 Å². The third kappa shape index (κ3) is 22.6. The van der Waals surface area contributed by atoms with Crippen LogP contribution in [0.15, 0.2) is 65.0 Å². The van der Waals surface area contributed by atoms with Gasteiger partial charge in [0.25, 0.3) is 0 Å². The Bertz CT molecular complexity index is 2250. The van der Waals surface area contributed by atoms with E-state index in [1.165, 1.54) is 13.8 Å². The molecule has 1 aromatic rings. The van der Waals surface area contributed by atoms with E-state index in [1.54, 1.807) is 0 Å². The van der Waals surface area contributed by atoms with Gasteiger partial charge in [0.1, 0.15) is 33.0 Å². The second-order valence-electron chi connectivity index (χ2n) is 17.3. The van der Waals surface area contributed by atoms with Crippen molar-refractivity contribution >= 4 is 59.3 Å². The van der Waals surface area contributed by atoms with E-state index < -0.39 is 125 Å². The van der Waals surface area contributed by atoms with Crippen LogP contribution in [0, 0.1) is 10.8 Å². The lowest BCUT2D eigenvalue weighted by molar-refractivity contribution is -0.485. The van der Waals surface area contributed by atoms with Gasteiger partial charge in [0.2, 0.25) is 0 Å². The number of carbonyl (C=O) groups excluding carboxylic acids is 6. The Morgan fingerprint density at radius 3 is 1.10 bits per heavy atom. The lowest BCUT2D eigenvalue weighted by Gasteiger charge is -2.34. The van der Waals surface area contributed by atoms with Crippen molar-refractivity contribution in [2.75, 3.05) is 62.7 Å². The lowest BCUT2D eigenvalue weighted by Crippen LogP contribution is -2.61. The molecule has 77 heavy (non-hydrogen) atoms. The summed E-state index contributed by atoms with van der Waals surface area (Å²) in [5.74, 6) is -22.9. The van der Waals surface area contributed by atoms with E-state index in [0.717, 1.165) is 47.8 Å². The van der Waals surface area contributed by atoms with Crippen LogP contribution in [0.2, 0.25) is 0 Å². The highest BCUT2D eigenvalue weighted by atomic mass is 32.2. The van der Waals surface area contributed by atoms with E-state index >= 15 is 8.78 Å². The average Bonchev–Trinajstić information content (AvgIpc) is 3.34. The predicted octanol–water partition coefficient (Wildman–Crippen LogP) is 6.12. The molecule has 0 unspecified atom stereocenters. The Kier molecular flexibility index (Phi) is 27.8. The van der Waals surface area contributed by atoms with E-state index in [2.05, 4.69) is 31.1 Å². The molecule has 0 aromatic carbocycles. The molecular formula is C46H59F10N3O16S2. The summed E-state index contributed by atoms with van der Waals surface area (Å²) in [4.78, 5) is 112. The Hall–Kier alpha value is -5.85. The van der Waals surface area contributed by atoms with Crippen molar-refractivity contribution in [3.63, 3.8) is 0 Å². The van der Waals surface area contributed by atoms with E-state index in [4.69, 9.17) is 28.4 Å². The van der Waals surface area contributed by atoms with Crippen LogP contribution in [-0.4, -0.2) is 142 Å². The minimum atomic E-state index is -6.96. The van der Waals surface area contributed by atoms with Gasteiger partial charge in [-0.25, -0.2) is 52.0 Å². The van der Waals surface area contributed by atoms with Crippen molar-refractivity contribution in [2.24, 2.45) is 10.8 Å². The molecule has 1 heterocycles. The summed E-state index contributed by atoms with van der Waals surface area (Å²) < 4.78 is 174. The first-order chi connectivity index (χ1) is 35.6. The monoisotopic (exact) mass is 1160 g/mol. The number of halogens is 10. The van der Waals surface area contributed by atoms with Gasteiger partial charge < -0.3 is 28.4 Å². The smallest absolute Gasteiger partial charge is 0.430 e. The molecule has 0 aliphatic rings. The summed E-state index contributed by atoms with van der Waals surface area (Å²) in [7, 11) is 0. The number of esters is 6. The molecule has 0 saturated carbocycles. The molecule has 0 bridgehead atoms. The molecule has 19 nitrogen and oxygen atoms in total. The maximum atomic E-state index is 15.1. The van der Waals surface area contributed by atoms with Gasteiger partial charge in [-0.1, -0.05) is 40.2 Å². The molecule has 0 aliphatic heterocycles. The van der Waals surface area contributed by atoms with E-state index in [0.29, 0.717) is 0 Å². The first-order valence-electron chi connectivity index (χ1n) is 22.8. The van der Waals surface area contributed by atoms with Gasteiger partial charge in [-0.2, -0.15) is 67.4 Å². The van der Waals surface area contributed by atoms with Gasteiger partial charge in [-0.15, -0.1) is 0 Å². The quantitative estimate of drug-likeness (QED) is 0.0237. The average molecular weight is 1160 g/mol. The fourth-order valence-electron chi connectivity index (χ4n) is 5.90. The molecule has 436 valence electrons. The molecule has 0 radical (unpaired) electrons. The zero-order valence-corrected chi connectivity index (χ0v) is 43.7. The Morgan fingerprint density at radius 2 is 0.792 bits per heavy atom. The van der Waals surface area contributed by atoms with Crippen LogP contribution in [0.25, 0.3) is 0 Å². The Morgan fingerprint density at radius 1 is 0.481 bits per heavy atom. The van der Waals surface area contributed by atoms with Crippen molar-refractivity contribution in [1.82, 2.24) is 13.7 Å². The summed E-state index contributed by atoms with van der Waals surface area (Å²) in [5.41, 5.74) is -7.84. The zero-order valence-electron chi connectivity index (χ0n) is 42.0. The highest BCUT2D eigenvalue weighted by Crippen LogP contribution is 2.50. The summed E-state index contributed by atoms with van der Waals surface area (Å²) in [6.45, 7) is 9.12. The number of rotatable bonds is 39. The molecule has 0 spiro atoms. The molecule has 0 N–H and O–H groups in total. The van der Waals surface area contributed by atoms with Gasteiger partial charge in [-0.05, 0) is 48.7 Å². The van der Waals surface area contributed by atoms with Gasteiger partial charge in [0.15, 0.2) is 0 Å². The number of alkyl halides is 10. The van der Waals surface area contributed by atoms with Crippen LogP contribution >= 0.6 is 23.5 Å². The second kappa shape index (κ2) is 30.9. The summed E-state index contributed by atoms with van der Waals surface area (Å²) >= 11 is 2.28. The molecule has 31 heteroatoms. The van der Waals surface area contributed by atoms with E-state index in [1.807, 2.05) is 0 Å². The number of ether oxygens (including phenoxy) is 7. The summed E-state index contributed by atoms with van der Waals surface area (Å²) in [6, 6.07) is 0. The second-order valence-corrected chi connectivity index (χ2v) is 19.8. The van der Waals surface area contributed by atoms with Gasteiger partial charge in [0.05, 0.1) is 26.1 Å². The molecule has 0 fully saturated rings. The number of hydrogen-bond acceptors (Lipinski definition) is 18. The van der Waals surface area contributed by atoms with E-state index in [-0.39, 0.29) is 110 Å². The maximum absolute atomic E-state index is 15.1. The Labute approximate surface area is 442 Å². The highest BCUT2D eigenvalue weighted by Gasteiger charge is 2.75. The van der Waals surface area contributed by atoms with Gasteiger partial charge >= 0.3 is 82.9 Å². The molecular weight excluding hydrogens is 1100 g/mol. The lowest BCUT2D eigenvalue weighted by atomic mass is 9.88. The number of aromatic nitrogens is 3. The molecule has 1 rings (SSSR count). The summed E-state index contributed by atoms with van der Waals surface area (Å²) in [6.07, 6.45) is -10.9. The number of hydrogen-bond donors (Lipinski definition) is 0. The van der Waals surface area contributed by atoms with Crippen LogP contribution in [0.3, 0.4) is 0 Å². The SMILES string of the molecule is C=CC(=O)OCC(C)(COC(=O)C=C)CC(=O)OCCCSCCCn1c(=O)n(CCCSCCCOC(=O)CC(C)(COC(=O)C=C)COC(=O)C=C)c(=O)n(CC(F)(F)C(F)(F)OC(F)(F)C(F)(F)C(C)(F)F)c1=O. The van der Waals surface area contributed by atoms with Crippen molar-refractivity contribution < 1.29 is 106 Å². The first-order valence-corrected chi connectivity index (χ1v) is 25.1. The molecule has 0 amide bonds. The number of carbonyl (C=O) groups is 6. The van der Waals surface area contributed by atoms with Gasteiger partial charge in [-0.3, -0.25) is 9.59 Å². The minimum absolute atomic E-state index is 0.0649. The molecule has 1 aromatic heterocycles. The number of nitrogens with zero attached hydrogens (tertiary/aromatic N) is 3. The van der Waals surface area contributed by atoms with E-state index in [9.17, 15) is 78.3 Å². The third-order valence-electron chi connectivity index (χ3n) is 10.1. The first kappa shape index (κ1) is 69.2. The van der Waals surface area contributed by atoms with Crippen LogP contribution in [0.1, 0.15) is 59.3 Å². The zero-order chi connectivity index (χ0) is 59.1. The molecule has 0 atom stereocenters. The molecule has 0 saturated heterocycles. The summed E-state index contributed by atoms with van der Waals surface area (Å²) in [5, 5.41) is 0. The van der Waals surface area contributed by atoms with Crippen molar-refractivity contribution in [1.29, 1.82) is 0 Å². The van der Waals surface area contributed by atoms with Crippen molar-refractivity contribution in [3.8, 4) is 0 Å². The van der Waals surface area contributed by atoms with Crippen LogP contribution in [0.5, 0.6) is 0 Å². The van der Waals surface area contributed by atoms with Crippen molar-refractivity contribution in [3.05, 3.63) is 82.1 Å². The third-order valence-corrected chi connectivity index (χ3v) is 12.4. The predicted molar refractivity (Wildman–Crippen MR) is 256 cm³/mol. The highest BCUT2D eigenvalue weighted by molar-refractivity contribution is 7.99. The maximum Gasteiger partial charge on any atom is 0.430 e. The van der Waals surface area contributed by atoms with Crippen molar-refractivity contribution in [2.45, 2.75) is 109 Å². The largest absolute Gasteiger partial charge is 0.466 e. The van der Waals surface area contributed by atoms with Gasteiger partial charge in [0, 0.05) is 55.1 Å². The topological polar surface area (TPSA) is 233 Å². The van der Waals surface area contributed by atoms with Crippen LogP contribution in [0.4, 0.5) is 43.9 Å². The standard InChI is InChI=1S/C46H59F10N3O16S2/c1-8-31(60)71-27-40(5,28-72-32(61)9-2)24-35(64)69-18-14-22-76-20-12-16-57-37(66)58(39(68)59(38(57)67)26-43(49,50)45(53,54)75-46(55,56)44(51,52)42(7,47)48)17-13-21-77-23-15-19-70-36(65)25-41(6,29-73-33(62)10-3)30-74-34(63)11-4/h8-11H,1-4,12-30H2,5-7H3. The van der Waals surface area contributed by atoms with Crippen LogP contribution < -0.4 is 17.1 Å². The Balaban J connectivity index is 3.17. The molecule has 0 aliphatic carbocycles. The number of thioether (sulfide) groups is 2. The fourth-order valence-corrected chi connectivity index (χ4v) is 7.62.